The van der Waals surface area contributed by atoms with Crippen molar-refractivity contribution < 1.29 is 9.53 Å². The highest BCUT2D eigenvalue weighted by atomic mass is 16.5. The maximum Gasteiger partial charge on any atom is 0.308 e. The molecule has 3 rings (SSSR count). The Kier molecular flexibility index (Phi) is 7.68. The third-order valence-electron chi connectivity index (χ3n) is 4.98. The average molecular weight is 408 g/mol. The fourth-order valence-electron chi connectivity index (χ4n) is 3.47. The van der Waals surface area contributed by atoms with E-state index in [1.807, 2.05) is 48.5 Å². The molecule has 0 amide bonds. The van der Waals surface area contributed by atoms with E-state index >= 15 is 0 Å². The zero-order chi connectivity index (χ0) is 21.3. The van der Waals surface area contributed by atoms with Crippen molar-refractivity contribution in [2.24, 2.45) is 5.92 Å². The number of rotatable bonds is 10. The van der Waals surface area contributed by atoms with Gasteiger partial charge in [-0.2, -0.15) is 0 Å². The molecule has 0 fully saturated rings. The van der Waals surface area contributed by atoms with Crippen molar-refractivity contribution in [2.45, 2.75) is 45.8 Å². The molecule has 3 aromatic rings. The van der Waals surface area contributed by atoms with Gasteiger partial charge >= 0.3 is 5.97 Å². The Balaban J connectivity index is 1.90. The van der Waals surface area contributed by atoms with Crippen molar-refractivity contribution in [3.8, 4) is 0 Å². The van der Waals surface area contributed by atoms with Crippen LogP contribution in [0.15, 0.2) is 60.7 Å². The first-order valence-corrected chi connectivity index (χ1v) is 10.4. The maximum absolute atomic E-state index is 12.3. The second-order valence-electron chi connectivity index (χ2n) is 7.51. The van der Waals surface area contributed by atoms with Crippen molar-refractivity contribution in [2.75, 3.05) is 6.61 Å². The average Bonchev–Trinajstić information content (AvgIpc) is 3.22. The third-order valence-corrected chi connectivity index (χ3v) is 4.98. The molecule has 0 aliphatic heterocycles. The largest absolute Gasteiger partial charge is 0.466 e. The standard InChI is InChI=1S/C23H29N5O2/c1-4-30-21(29)15-20(19-13-9-6-10-14-19)28-23(25-26-27-28)22(17(2)3)24-16-18-11-7-5-8-12-18/h5-14,17,20,22,24H,4,15-16H2,1-3H3. The number of aromatic nitrogens is 4. The lowest BCUT2D eigenvalue weighted by Crippen LogP contribution is -2.30. The second kappa shape index (κ2) is 10.6. The minimum atomic E-state index is -0.338. The molecule has 2 aromatic carbocycles. The monoisotopic (exact) mass is 407 g/mol. The van der Waals surface area contributed by atoms with Gasteiger partial charge in [-0.25, -0.2) is 4.68 Å². The summed E-state index contributed by atoms with van der Waals surface area (Å²) in [6.07, 6.45) is 0.166. The molecule has 7 heteroatoms. The summed E-state index contributed by atoms with van der Waals surface area (Å²) in [6, 6.07) is 19.6. The van der Waals surface area contributed by atoms with Crippen LogP contribution in [0, 0.1) is 5.92 Å². The van der Waals surface area contributed by atoms with Crippen molar-refractivity contribution >= 4 is 5.97 Å². The number of nitrogens with one attached hydrogen (secondary N) is 1. The lowest BCUT2D eigenvalue weighted by Gasteiger charge is -2.25. The van der Waals surface area contributed by atoms with Crippen LogP contribution in [0.4, 0.5) is 0 Å². The molecule has 1 aromatic heterocycles. The number of esters is 1. The Bertz CT molecular complexity index is 912. The minimum absolute atomic E-state index is 0.0754. The summed E-state index contributed by atoms with van der Waals surface area (Å²) in [5, 5.41) is 16.1. The number of tetrazole rings is 1. The van der Waals surface area contributed by atoms with Crippen LogP contribution in [0.3, 0.4) is 0 Å². The van der Waals surface area contributed by atoms with E-state index in [1.54, 1.807) is 11.6 Å². The molecule has 0 saturated heterocycles. The van der Waals surface area contributed by atoms with E-state index in [4.69, 9.17) is 4.74 Å². The van der Waals surface area contributed by atoms with Gasteiger partial charge < -0.3 is 10.1 Å². The predicted octanol–water partition coefficient (Wildman–Crippen LogP) is 3.70. The van der Waals surface area contributed by atoms with E-state index in [9.17, 15) is 4.79 Å². The van der Waals surface area contributed by atoms with Crippen LogP contribution >= 0.6 is 0 Å². The van der Waals surface area contributed by atoms with Gasteiger partial charge in [0.05, 0.1) is 25.1 Å². The zero-order valence-electron chi connectivity index (χ0n) is 17.7. The molecular weight excluding hydrogens is 378 g/mol. The summed E-state index contributed by atoms with van der Waals surface area (Å²) < 4.78 is 6.97. The van der Waals surface area contributed by atoms with Crippen LogP contribution in [0.5, 0.6) is 0 Å². The maximum atomic E-state index is 12.3. The smallest absolute Gasteiger partial charge is 0.308 e. The van der Waals surface area contributed by atoms with E-state index in [0.29, 0.717) is 19.0 Å². The summed E-state index contributed by atoms with van der Waals surface area (Å²) >= 11 is 0. The Hall–Kier alpha value is -3.06. The molecule has 0 radical (unpaired) electrons. The quantitative estimate of drug-likeness (QED) is 0.516. The van der Waals surface area contributed by atoms with Crippen LogP contribution in [0.2, 0.25) is 0 Å². The summed E-state index contributed by atoms with van der Waals surface area (Å²) in [7, 11) is 0. The number of nitrogens with zero attached hydrogens (tertiary/aromatic N) is 4. The van der Waals surface area contributed by atoms with Gasteiger partial charge in [-0.15, -0.1) is 5.10 Å². The molecule has 30 heavy (non-hydrogen) atoms. The van der Waals surface area contributed by atoms with E-state index < -0.39 is 0 Å². The number of benzene rings is 2. The molecule has 0 bridgehead atoms. The van der Waals surface area contributed by atoms with Gasteiger partial charge in [-0.05, 0) is 34.4 Å². The van der Waals surface area contributed by atoms with Gasteiger partial charge in [0.15, 0.2) is 5.82 Å². The Morgan fingerprint density at radius 2 is 1.73 bits per heavy atom. The van der Waals surface area contributed by atoms with Crippen molar-refractivity contribution in [3.63, 3.8) is 0 Å². The molecule has 0 aliphatic rings. The Morgan fingerprint density at radius 1 is 1.07 bits per heavy atom. The fraction of sp³-hybridized carbons (Fsp3) is 0.391. The molecule has 0 aliphatic carbocycles. The van der Waals surface area contributed by atoms with Gasteiger partial charge in [0.25, 0.3) is 0 Å². The van der Waals surface area contributed by atoms with Gasteiger partial charge in [-0.1, -0.05) is 74.5 Å². The number of hydrogen-bond acceptors (Lipinski definition) is 6. The number of carbonyl (C=O) groups excluding carboxylic acids is 1. The molecule has 7 nitrogen and oxygen atoms in total. The normalized spacial score (nSPS) is 13.2. The highest BCUT2D eigenvalue weighted by molar-refractivity contribution is 5.70. The lowest BCUT2D eigenvalue weighted by atomic mass is 10.0. The van der Waals surface area contributed by atoms with Gasteiger partial charge in [-0.3, -0.25) is 4.79 Å². The highest BCUT2D eigenvalue weighted by Gasteiger charge is 2.28. The van der Waals surface area contributed by atoms with E-state index in [1.165, 1.54) is 5.56 Å². The summed E-state index contributed by atoms with van der Waals surface area (Å²) in [5.41, 5.74) is 2.15. The van der Waals surface area contributed by atoms with Gasteiger partial charge in [0, 0.05) is 6.54 Å². The molecule has 0 spiro atoms. The highest BCUT2D eigenvalue weighted by Crippen LogP contribution is 2.27. The molecule has 158 valence electrons. The van der Waals surface area contributed by atoms with E-state index in [2.05, 4.69) is 46.8 Å². The second-order valence-corrected chi connectivity index (χ2v) is 7.51. The minimum Gasteiger partial charge on any atom is -0.466 e. The van der Waals surface area contributed by atoms with E-state index in [-0.39, 0.29) is 30.4 Å². The van der Waals surface area contributed by atoms with Crippen molar-refractivity contribution in [3.05, 3.63) is 77.6 Å². The molecular formula is C23H29N5O2. The van der Waals surface area contributed by atoms with Gasteiger partial charge in [0.1, 0.15) is 0 Å². The van der Waals surface area contributed by atoms with Crippen LogP contribution < -0.4 is 5.32 Å². The SMILES string of the molecule is CCOC(=O)CC(c1ccccc1)n1nnnc1C(NCc1ccccc1)C(C)C. The number of ether oxygens (including phenoxy) is 1. The first kappa shape index (κ1) is 21.6. The molecule has 0 saturated carbocycles. The zero-order valence-corrected chi connectivity index (χ0v) is 17.7. The first-order chi connectivity index (χ1) is 14.6. The number of carbonyl (C=O) groups is 1. The summed E-state index contributed by atoms with van der Waals surface area (Å²) in [6.45, 7) is 7.11. The van der Waals surface area contributed by atoms with Gasteiger partial charge in [0.2, 0.25) is 0 Å². The predicted molar refractivity (Wildman–Crippen MR) is 115 cm³/mol. The molecule has 2 unspecified atom stereocenters. The molecule has 2 atom stereocenters. The first-order valence-electron chi connectivity index (χ1n) is 10.4. The Morgan fingerprint density at radius 3 is 2.37 bits per heavy atom. The van der Waals surface area contributed by atoms with Crippen molar-refractivity contribution in [1.82, 2.24) is 25.5 Å². The van der Waals surface area contributed by atoms with Crippen molar-refractivity contribution in [1.29, 1.82) is 0 Å². The molecule has 1 heterocycles. The van der Waals surface area contributed by atoms with E-state index in [0.717, 1.165) is 5.56 Å². The lowest BCUT2D eigenvalue weighted by molar-refractivity contribution is -0.143. The third kappa shape index (κ3) is 5.51. The fourth-order valence-corrected chi connectivity index (χ4v) is 3.47. The molecule has 1 N–H and O–H groups in total. The van der Waals surface area contributed by atoms with Crippen LogP contribution in [0.1, 0.15) is 56.2 Å². The summed E-state index contributed by atoms with van der Waals surface area (Å²) in [5.74, 6) is 0.683. The van der Waals surface area contributed by atoms with Crippen LogP contribution in [-0.4, -0.2) is 32.8 Å². The Labute approximate surface area is 177 Å². The topological polar surface area (TPSA) is 81.9 Å². The van der Waals surface area contributed by atoms with Crippen LogP contribution in [-0.2, 0) is 16.1 Å². The van der Waals surface area contributed by atoms with Crippen LogP contribution in [0.25, 0.3) is 0 Å². The summed E-state index contributed by atoms with van der Waals surface area (Å²) in [4.78, 5) is 12.3. The number of hydrogen-bond donors (Lipinski definition) is 1.